The molecule has 0 radical (unpaired) electrons. The topological polar surface area (TPSA) is 246 Å². The molecule has 11 atom stereocenters. The highest BCUT2D eigenvalue weighted by Crippen LogP contribution is 2.54. The van der Waals surface area contributed by atoms with Gasteiger partial charge in [-0.3, -0.25) is 37.6 Å². The molecule has 2 aromatic heterocycles. The zero-order valence-corrected chi connectivity index (χ0v) is 22.7. The fourth-order valence-electron chi connectivity index (χ4n) is 5.01. The molecule has 3 fully saturated rings. The lowest BCUT2D eigenvalue weighted by atomic mass is 9.94. The van der Waals surface area contributed by atoms with Crippen molar-refractivity contribution >= 4 is 44.4 Å². The summed E-state index contributed by atoms with van der Waals surface area (Å²) in [5.74, 6) is -3.04. The maximum atomic E-state index is 15.7. The summed E-state index contributed by atoms with van der Waals surface area (Å²) >= 11 is 0. The molecule has 18 nitrogen and oxygen atoms in total. The fourth-order valence-corrected chi connectivity index (χ4v) is 6.92. The maximum Gasteiger partial charge on any atom is 0.472 e. The lowest BCUT2D eigenvalue weighted by Gasteiger charge is -2.27. The van der Waals surface area contributed by atoms with E-state index in [2.05, 4.69) is 15.0 Å². The number of rotatable bonds is 2. The number of nitrogens with zero attached hydrogens (tertiary/aromatic N) is 4. The Bertz CT molecular complexity index is 1550. The molecule has 6 heterocycles. The third-order valence-electron chi connectivity index (χ3n) is 6.93. The molecule has 5 N–H and O–H groups in total. The minimum Gasteiger partial charge on any atom is -0.382 e. The summed E-state index contributed by atoms with van der Waals surface area (Å²) in [5.41, 5.74) is 5.92. The van der Waals surface area contributed by atoms with Gasteiger partial charge in [0.15, 0.2) is 30.0 Å². The van der Waals surface area contributed by atoms with Crippen LogP contribution in [0.3, 0.4) is 0 Å². The number of imide groups is 1. The summed E-state index contributed by atoms with van der Waals surface area (Å²) in [6, 6.07) is 0. The second kappa shape index (κ2) is 10.7. The van der Waals surface area contributed by atoms with E-state index in [1.54, 1.807) is 0 Å². The number of carbonyl (C=O) groups excluding carboxylic acids is 2. The van der Waals surface area contributed by atoms with Crippen LogP contribution >= 0.6 is 15.6 Å². The third kappa shape index (κ3) is 5.39. The quantitative estimate of drug-likeness (QED) is 0.241. The highest BCUT2D eigenvalue weighted by atomic mass is 31.2. The summed E-state index contributed by atoms with van der Waals surface area (Å²) in [7, 11) is -10.3. The van der Waals surface area contributed by atoms with Crippen molar-refractivity contribution < 1.29 is 64.9 Å². The van der Waals surface area contributed by atoms with Gasteiger partial charge in [-0.2, -0.15) is 0 Å². The van der Waals surface area contributed by atoms with Gasteiger partial charge in [-0.15, -0.1) is 0 Å². The summed E-state index contributed by atoms with van der Waals surface area (Å²) in [6.45, 7) is -1.90. The number of phosphoric acid groups is 2. The lowest BCUT2D eigenvalue weighted by Crippen LogP contribution is -2.45. The minimum atomic E-state index is -5.16. The van der Waals surface area contributed by atoms with Crippen LogP contribution in [0, 0.1) is 5.92 Å². The average Bonchev–Trinajstić information content (AvgIpc) is 3.57. The molecule has 0 aromatic carbocycles. The smallest absolute Gasteiger partial charge is 0.382 e. The van der Waals surface area contributed by atoms with E-state index in [0.717, 1.165) is 29.4 Å². The van der Waals surface area contributed by atoms with Gasteiger partial charge in [-0.25, -0.2) is 32.9 Å². The van der Waals surface area contributed by atoms with E-state index in [1.165, 1.54) is 0 Å². The fraction of sp³-hybridized carbons (Fsp3) is 0.550. The number of imidazole rings is 1. The molecule has 0 saturated carbocycles. The van der Waals surface area contributed by atoms with Gasteiger partial charge in [0, 0.05) is 6.08 Å². The van der Waals surface area contributed by atoms with E-state index in [0.29, 0.717) is 0 Å². The number of ether oxygens (including phenoxy) is 2. The van der Waals surface area contributed by atoms with Gasteiger partial charge in [0.2, 0.25) is 11.8 Å². The number of aromatic nitrogens is 4. The molecule has 0 aliphatic carbocycles. The Balaban J connectivity index is 1.26. The zero-order valence-electron chi connectivity index (χ0n) is 20.9. The largest absolute Gasteiger partial charge is 0.472 e. The summed E-state index contributed by atoms with van der Waals surface area (Å²) in [6.07, 6.45) is -10.6. The Labute approximate surface area is 233 Å². The molecule has 4 aliphatic heterocycles. The van der Waals surface area contributed by atoms with Crippen molar-refractivity contribution in [1.29, 1.82) is 0 Å². The average molecular weight is 638 g/mol. The molecule has 2 aromatic rings. The molecule has 4 aliphatic rings. The number of amides is 2. The van der Waals surface area contributed by atoms with Crippen molar-refractivity contribution in [2.24, 2.45) is 5.92 Å². The van der Waals surface area contributed by atoms with Crippen LogP contribution in [0.2, 0.25) is 0 Å². The summed E-state index contributed by atoms with van der Waals surface area (Å²) in [4.78, 5) is 56.2. The molecule has 3 saturated heterocycles. The van der Waals surface area contributed by atoms with Crippen LogP contribution in [0.5, 0.6) is 0 Å². The SMILES string of the molecule is Nc1ncnc2c1ncn2[C@@H]1O[C@@H]2COP(=O)(O)O[C@H]3[C@@H](F)[C@H](C4C=CC(=O)NC4=O)O[C@@H]3COP(=O)(O)O[C@H]2[C@H]1F. The number of phosphoric ester groups is 2. The molecule has 3 unspecified atom stereocenters. The standard InChI is InChI=1S/C20H22F2N6O12P2/c21-11-14(7-1-2-10(29)27-19(7)30)37-8-3-35-42(33,34)40-16-9(4-36-41(31,32)39-15(8)11)38-20(12(16)22)28-6-26-13-17(23)24-5-25-18(13)28/h1-2,5-9,11-12,14-16,20H,3-4H2,(H,31,32)(H,33,34)(H2,23,24,25)(H,27,29,30)/t7?,8-,9-,11+,12-,14+,15-,16-,20-/m1/s1. The number of alkyl halides is 2. The highest BCUT2D eigenvalue weighted by Gasteiger charge is 2.56. The first-order chi connectivity index (χ1) is 19.8. The van der Waals surface area contributed by atoms with E-state index >= 15 is 8.78 Å². The predicted octanol–water partition coefficient (Wildman–Crippen LogP) is -0.404. The Kier molecular flexibility index (Phi) is 7.50. The Morgan fingerprint density at radius 2 is 1.60 bits per heavy atom. The monoisotopic (exact) mass is 638 g/mol. The number of hydrogen-bond donors (Lipinski definition) is 4. The highest BCUT2D eigenvalue weighted by molar-refractivity contribution is 7.47. The van der Waals surface area contributed by atoms with E-state index in [1.807, 2.05) is 5.32 Å². The molecular weight excluding hydrogens is 616 g/mol. The molecule has 22 heteroatoms. The van der Waals surface area contributed by atoms with Crippen LogP contribution in [0.15, 0.2) is 24.8 Å². The number of nitrogens with one attached hydrogen (secondary N) is 1. The normalized spacial score (nSPS) is 42.9. The molecule has 0 bridgehead atoms. The summed E-state index contributed by atoms with van der Waals surface area (Å²) in [5, 5.41) is 1.97. The van der Waals surface area contributed by atoms with E-state index in [4.69, 9.17) is 33.3 Å². The van der Waals surface area contributed by atoms with Crippen LogP contribution in [0.1, 0.15) is 6.23 Å². The second-order valence-corrected chi connectivity index (χ2v) is 12.4. The first kappa shape index (κ1) is 29.3. The first-order valence-corrected chi connectivity index (χ1v) is 15.2. The van der Waals surface area contributed by atoms with Crippen molar-refractivity contribution in [2.75, 3.05) is 18.9 Å². The van der Waals surface area contributed by atoms with Crippen LogP contribution < -0.4 is 11.1 Å². The van der Waals surface area contributed by atoms with Crippen molar-refractivity contribution in [3.63, 3.8) is 0 Å². The molecule has 6 rings (SSSR count). The van der Waals surface area contributed by atoms with Gasteiger partial charge in [0.1, 0.15) is 42.4 Å². The van der Waals surface area contributed by atoms with Crippen LogP contribution in [-0.2, 0) is 46.3 Å². The minimum absolute atomic E-state index is 0.0142. The van der Waals surface area contributed by atoms with Gasteiger partial charge in [0.25, 0.3) is 0 Å². The van der Waals surface area contributed by atoms with Crippen molar-refractivity contribution in [3.8, 4) is 0 Å². The van der Waals surface area contributed by atoms with Crippen molar-refractivity contribution in [2.45, 2.75) is 49.1 Å². The second-order valence-electron chi connectivity index (χ2n) is 9.58. The predicted molar refractivity (Wildman–Crippen MR) is 129 cm³/mol. The number of anilines is 1. The van der Waals surface area contributed by atoms with Gasteiger partial charge in [-0.05, 0) is 0 Å². The van der Waals surface area contributed by atoms with Crippen molar-refractivity contribution in [1.82, 2.24) is 24.8 Å². The van der Waals surface area contributed by atoms with Crippen molar-refractivity contribution in [3.05, 3.63) is 24.8 Å². The molecule has 2 amide bonds. The Morgan fingerprint density at radius 3 is 2.26 bits per heavy atom. The van der Waals surface area contributed by atoms with E-state index in [-0.39, 0.29) is 17.0 Å². The van der Waals surface area contributed by atoms with Crippen LogP contribution in [0.4, 0.5) is 14.6 Å². The summed E-state index contributed by atoms with van der Waals surface area (Å²) < 4.78 is 89.2. The Hall–Kier alpha value is -2.77. The first-order valence-electron chi connectivity index (χ1n) is 12.2. The number of carbonyl (C=O) groups is 2. The van der Waals surface area contributed by atoms with E-state index < -0.39 is 95.7 Å². The van der Waals surface area contributed by atoms with Crippen LogP contribution in [0.25, 0.3) is 11.2 Å². The van der Waals surface area contributed by atoms with Crippen LogP contribution in [-0.4, -0.2) is 97.2 Å². The number of nitrogen functional groups attached to an aromatic ring is 1. The van der Waals surface area contributed by atoms with Gasteiger partial charge >= 0.3 is 15.6 Å². The maximum absolute atomic E-state index is 15.7. The van der Waals surface area contributed by atoms with Gasteiger partial charge in [0.05, 0.1) is 25.5 Å². The van der Waals surface area contributed by atoms with Gasteiger partial charge < -0.3 is 25.0 Å². The lowest BCUT2D eigenvalue weighted by molar-refractivity contribution is -0.135. The van der Waals surface area contributed by atoms with E-state index in [9.17, 15) is 28.5 Å². The van der Waals surface area contributed by atoms with Gasteiger partial charge in [-0.1, -0.05) is 6.08 Å². The molecule has 0 spiro atoms. The number of fused-ring (bicyclic) bond motifs is 3. The number of hydrogen-bond acceptors (Lipinski definition) is 14. The zero-order chi connectivity index (χ0) is 30.0. The molecule has 42 heavy (non-hydrogen) atoms. The Morgan fingerprint density at radius 1 is 0.952 bits per heavy atom. The molecule has 228 valence electrons. The third-order valence-corrected chi connectivity index (χ3v) is 8.90. The molecular formula is C20H22F2N6O12P2. The number of nitrogens with two attached hydrogens (primary N) is 1. The number of halogens is 2.